The molecular formula is C19H23ClN4O3. The van der Waals surface area contributed by atoms with Gasteiger partial charge in [0, 0.05) is 38.1 Å². The minimum absolute atomic E-state index is 0.0284. The van der Waals surface area contributed by atoms with Crippen LogP contribution in [-0.4, -0.2) is 57.9 Å². The summed E-state index contributed by atoms with van der Waals surface area (Å²) in [5.41, 5.74) is 0.337. The summed E-state index contributed by atoms with van der Waals surface area (Å²) in [6.07, 6.45) is 4.54. The molecule has 144 valence electrons. The highest BCUT2D eigenvalue weighted by atomic mass is 35.5. The van der Waals surface area contributed by atoms with Gasteiger partial charge in [-0.3, -0.25) is 9.59 Å². The zero-order chi connectivity index (χ0) is 19.2. The lowest BCUT2D eigenvalue weighted by Crippen LogP contribution is -2.59. The summed E-state index contributed by atoms with van der Waals surface area (Å²) < 4.78 is 7.56. The largest absolute Gasteiger partial charge is 0.377 e. The topological polar surface area (TPSA) is 75.9 Å². The standard InChI is InChI=1S/C19H23ClN4O3/c1-12(2)21-18(26)19-6-8-27-15(19)5-7-23(11-19)17(25)14-10-24-9-13(20)3-4-16(24)22-14/h3-4,9-10,12,15H,5-8,11H2,1-2H3,(H,21,26)/t15-,19-/m1/s1. The Balaban J connectivity index is 1.59. The smallest absolute Gasteiger partial charge is 0.274 e. The number of rotatable bonds is 3. The molecule has 7 nitrogen and oxygen atoms in total. The molecule has 0 bridgehead atoms. The van der Waals surface area contributed by atoms with Crippen molar-refractivity contribution in [2.45, 2.75) is 38.8 Å². The predicted molar refractivity (Wildman–Crippen MR) is 101 cm³/mol. The average molecular weight is 391 g/mol. The number of piperidine rings is 1. The van der Waals surface area contributed by atoms with Crippen LogP contribution in [0.3, 0.4) is 0 Å². The van der Waals surface area contributed by atoms with E-state index in [-0.39, 0.29) is 24.0 Å². The number of hydrogen-bond acceptors (Lipinski definition) is 4. The highest BCUT2D eigenvalue weighted by molar-refractivity contribution is 6.30. The molecule has 27 heavy (non-hydrogen) atoms. The molecule has 0 aliphatic carbocycles. The van der Waals surface area contributed by atoms with E-state index in [0.717, 1.165) is 0 Å². The molecule has 4 heterocycles. The molecule has 0 aromatic carbocycles. The minimum atomic E-state index is -0.680. The van der Waals surface area contributed by atoms with Gasteiger partial charge >= 0.3 is 0 Å². The van der Waals surface area contributed by atoms with Gasteiger partial charge in [0.25, 0.3) is 5.91 Å². The first kappa shape index (κ1) is 18.3. The van der Waals surface area contributed by atoms with Gasteiger partial charge in [-0.15, -0.1) is 0 Å². The first-order valence-electron chi connectivity index (χ1n) is 9.25. The summed E-state index contributed by atoms with van der Waals surface area (Å²) in [6.45, 7) is 5.32. The van der Waals surface area contributed by atoms with Gasteiger partial charge in [0.2, 0.25) is 5.91 Å². The maximum absolute atomic E-state index is 13.1. The summed E-state index contributed by atoms with van der Waals surface area (Å²) in [4.78, 5) is 32.1. The van der Waals surface area contributed by atoms with Crippen molar-refractivity contribution in [2.75, 3.05) is 19.7 Å². The molecule has 0 unspecified atom stereocenters. The Morgan fingerprint density at radius 3 is 2.96 bits per heavy atom. The molecule has 0 spiro atoms. The second kappa shape index (κ2) is 6.80. The Labute approximate surface area is 162 Å². The number of pyridine rings is 1. The number of fused-ring (bicyclic) bond motifs is 2. The van der Waals surface area contributed by atoms with Gasteiger partial charge < -0.3 is 19.4 Å². The van der Waals surface area contributed by atoms with Crippen molar-refractivity contribution in [3.8, 4) is 0 Å². The Bertz CT molecular complexity index is 896. The molecule has 8 heteroatoms. The number of nitrogens with one attached hydrogen (secondary N) is 1. The highest BCUT2D eigenvalue weighted by Crippen LogP contribution is 2.41. The lowest BCUT2D eigenvalue weighted by atomic mass is 9.75. The second-order valence-corrected chi connectivity index (χ2v) is 8.08. The molecule has 2 fully saturated rings. The van der Waals surface area contributed by atoms with Gasteiger partial charge in [0.15, 0.2) is 0 Å². The quantitative estimate of drug-likeness (QED) is 0.871. The molecule has 2 aliphatic heterocycles. The van der Waals surface area contributed by atoms with E-state index in [1.165, 1.54) is 0 Å². The fraction of sp³-hybridized carbons (Fsp3) is 0.526. The van der Waals surface area contributed by atoms with Crippen LogP contribution in [0, 0.1) is 5.41 Å². The Hall–Kier alpha value is -2.12. The maximum atomic E-state index is 13.1. The van der Waals surface area contributed by atoms with Crippen molar-refractivity contribution in [3.05, 3.63) is 35.2 Å². The molecule has 0 saturated carbocycles. The van der Waals surface area contributed by atoms with Gasteiger partial charge in [-0.05, 0) is 38.8 Å². The number of amides is 2. The number of ether oxygens (including phenoxy) is 1. The number of hydrogen-bond donors (Lipinski definition) is 1. The Morgan fingerprint density at radius 1 is 1.37 bits per heavy atom. The van der Waals surface area contributed by atoms with Crippen LogP contribution in [0.5, 0.6) is 0 Å². The summed E-state index contributed by atoms with van der Waals surface area (Å²) in [5.74, 6) is -0.198. The number of imidazole rings is 1. The van der Waals surface area contributed by atoms with Gasteiger partial charge in [0.1, 0.15) is 11.3 Å². The summed E-state index contributed by atoms with van der Waals surface area (Å²) in [5, 5.41) is 3.59. The zero-order valence-corrected chi connectivity index (χ0v) is 16.2. The molecule has 2 saturated heterocycles. The Kier molecular flexibility index (Phi) is 4.60. The van der Waals surface area contributed by atoms with Crippen LogP contribution in [0.1, 0.15) is 37.2 Å². The van der Waals surface area contributed by atoms with Crippen LogP contribution < -0.4 is 5.32 Å². The van der Waals surface area contributed by atoms with E-state index in [9.17, 15) is 9.59 Å². The van der Waals surface area contributed by atoms with Crippen LogP contribution in [0.25, 0.3) is 5.65 Å². The zero-order valence-electron chi connectivity index (χ0n) is 15.4. The third-order valence-electron chi connectivity index (χ3n) is 5.41. The molecule has 4 rings (SSSR count). The lowest BCUT2D eigenvalue weighted by molar-refractivity contribution is -0.138. The summed E-state index contributed by atoms with van der Waals surface area (Å²) in [6, 6.07) is 3.56. The number of carbonyl (C=O) groups excluding carboxylic acids is 2. The normalized spacial score (nSPS) is 25.0. The van der Waals surface area contributed by atoms with Crippen molar-refractivity contribution in [2.24, 2.45) is 5.41 Å². The van der Waals surface area contributed by atoms with Gasteiger partial charge in [0.05, 0.1) is 16.5 Å². The lowest BCUT2D eigenvalue weighted by Gasteiger charge is -2.42. The number of aromatic nitrogens is 2. The molecule has 2 aromatic rings. The van der Waals surface area contributed by atoms with Crippen LogP contribution in [0.15, 0.2) is 24.5 Å². The van der Waals surface area contributed by atoms with Crippen molar-refractivity contribution in [1.82, 2.24) is 19.6 Å². The van der Waals surface area contributed by atoms with E-state index in [1.54, 1.807) is 33.8 Å². The number of halogens is 1. The van der Waals surface area contributed by atoms with E-state index >= 15 is 0 Å². The molecule has 2 aromatic heterocycles. The van der Waals surface area contributed by atoms with Crippen molar-refractivity contribution in [3.63, 3.8) is 0 Å². The number of likely N-dealkylation sites (tertiary alicyclic amines) is 1. The number of nitrogens with zero attached hydrogens (tertiary/aromatic N) is 3. The predicted octanol–water partition coefficient (Wildman–Crippen LogP) is 2.13. The minimum Gasteiger partial charge on any atom is -0.377 e. The van der Waals surface area contributed by atoms with E-state index in [1.807, 2.05) is 13.8 Å². The summed E-state index contributed by atoms with van der Waals surface area (Å²) in [7, 11) is 0. The van der Waals surface area contributed by atoms with Crippen molar-refractivity contribution in [1.29, 1.82) is 0 Å². The van der Waals surface area contributed by atoms with Crippen LogP contribution in [0.4, 0.5) is 0 Å². The van der Waals surface area contributed by atoms with E-state index < -0.39 is 5.41 Å². The van der Waals surface area contributed by atoms with E-state index in [0.29, 0.717) is 48.9 Å². The monoisotopic (exact) mass is 390 g/mol. The Morgan fingerprint density at radius 2 is 2.19 bits per heavy atom. The van der Waals surface area contributed by atoms with Crippen LogP contribution >= 0.6 is 11.6 Å². The number of carbonyl (C=O) groups is 2. The molecular weight excluding hydrogens is 368 g/mol. The third-order valence-corrected chi connectivity index (χ3v) is 5.63. The SMILES string of the molecule is CC(C)NC(=O)[C@@]12CCO[C@@H]1CCN(C(=O)c1cn3cc(Cl)ccc3n1)C2. The first-order valence-corrected chi connectivity index (χ1v) is 9.63. The fourth-order valence-electron chi connectivity index (χ4n) is 4.08. The summed E-state index contributed by atoms with van der Waals surface area (Å²) >= 11 is 6.01. The third kappa shape index (κ3) is 3.19. The first-order chi connectivity index (χ1) is 12.9. The molecule has 2 amide bonds. The fourth-order valence-corrected chi connectivity index (χ4v) is 4.25. The van der Waals surface area contributed by atoms with Crippen LogP contribution in [-0.2, 0) is 9.53 Å². The molecule has 1 N–H and O–H groups in total. The van der Waals surface area contributed by atoms with E-state index in [2.05, 4.69) is 10.3 Å². The van der Waals surface area contributed by atoms with E-state index in [4.69, 9.17) is 16.3 Å². The van der Waals surface area contributed by atoms with Gasteiger partial charge in [-0.1, -0.05) is 11.6 Å². The highest BCUT2D eigenvalue weighted by Gasteiger charge is 2.54. The second-order valence-electron chi connectivity index (χ2n) is 7.65. The van der Waals surface area contributed by atoms with Gasteiger partial charge in [-0.2, -0.15) is 0 Å². The molecule has 2 aliphatic rings. The van der Waals surface area contributed by atoms with Crippen molar-refractivity contribution < 1.29 is 14.3 Å². The van der Waals surface area contributed by atoms with Crippen LogP contribution in [0.2, 0.25) is 5.02 Å². The van der Waals surface area contributed by atoms with Gasteiger partial charge in [-0.25, -0.2) is 4.98 Å². The molecule has 0 radical (unpaired) electrons. The average Bonchev–Trinajstić information content (AvgIpc) is 3.24. The molecule has 2 atom stereocenters. The maximum Gasteiger partial charge on any atom is 0.274 e. The van der Waals surface area contributed by atoms with Crippen molar-refractivity contribution >= 4 is 29.1 Å².